The standard InChI is InChI=1S/C14H12F6O/c1-9(21)2-3-10-4-11(7-13(15,16)17)6-12(5-10)8-14(18,19)20/h2-6H,7-8H2,1H3. The molecule has 21 heavy (non-hydrogen) atoms. The molecular weight excluding hydrogens is 298 g/mol. The minimum absolute atomic E-state index is 0.131. The molecule has 0 heterocycles. The van der Waals surface area contributed by atoms with Gasteiger partial charge in [0.2, 0.25) is 0 Å². The van der Waals surface area contributed by atoms with Crippen LogP contribution in [0.4, 0.5) is 26.3 Å². The van der Waals surface area contributed by atoms with E-state index in [1.165, 1.54) is 13.0 Å². The summed E-state index contributed by atoms with van der Waals surface area (Å²) in [6.45, 7) is 1.23. The van der Waals surface area contributed by atoms with Crippen LogP contribution in [0.25, 0.3) is 6.08 Å². The van der Waals surface area contributed by atoms with E-state index < -0.39 is 25.2 Å². The molecule has 0 aliphatic carbocycles. The Morgan fingerprint density at radius 2 is 1.38 bits per heavy atom. The summed E-state index contributed by atoms with van der Waals surface area (Å²) in [4.78, 5) is 10.8. The molecule has 0 radical (unpaired) electrons. The highest BCUT2D eigenvalue weighted by Crippen LogP contribution is 2.26. The van der Waals surface area contributed by atoms with Crippen molar-refractivity contribution in [1.29, 1.82) is 0 Å². The molecule has 0 saturated heterocycles. The van der Waals surface area contributed by atoms with Gasteiger partial charge in [-0.2, -0.15) is 26.3 Å². The van der Waals surface area contributed by atoms with Crippen molar-refractivity contribution >= 4 is 11.9 Å². The van der Waals surface area contributed by atoms with E-state index in [1.54, 1.807) is 0 Å². The van der Waals surface area contributed by atoms with Crippen LogP contribution in [0, 0.1) is 0 Å². The van der Waals surface area contributed by atoms with Gasteiger partial charge < -0.3 is 0 Å². The second-order valence-electron chi connectivity index (χ2n) is 4.61. The van der Waals surface area contributed by atoms with Crippen molar-refractivity contribution in [2.75, 3.05) is 0 Å². The first-order valence-corrected chi connectivity index (χ1v) is 5.89. The number of halogens is 6. The fourth-order valence-corrected chi connectivity index (χ4v) is 1.77. The molecule has 0 saturated carbocycles. The summed E-state index contributed by atoms with van der Waals surface area (Å²) in [5.74, 6) is -0.353. The minimum atomic E-state index is -4.52. The average Bonchev–Trinajstić information content (AvgIpc) is 2.20. The summed E-state index contributed by atoms with van der Waals surface area (Å²) < 4.78 is 74.2. The first kappa shape index (κ1) is 17.3. The Morgan fingerprint density at radius 3 is 1.71 bits per heavy atom. The third kappa shape index (κ3) is 7.53. The Labute approximate surface area is 117 Å². The molecular formula is C14H12F6O. The van der Waals surface area contributed by atoms with Crippen LogP contribution in [0.2, 0.25) is 0 Å². The van der Waals surface area contributed by atoms with E-state index in [9.17, 15) is 31.1 Å². The topological polar surface area (TPSA) is 17.1 Å². The molecule has 0 aromatic heterocycles. The third-order valence-electron chi connectivity index (χ3n) is 2.39. The SMILES string of the molecule is CC(=O)C=Cc1cc(CC(F)(F)F)cc(CC(F)(F)F)c1. The Hall–Kier alpha value is -1.79. The zero-order valence-corrected chi connectivity index (χ0v) is 11.0. The second kappa shape index (κ2) is 6.32. The van der Waals surface area contributed by atoms with E-state index >= 15 is 0 Å². The number of carbonyl (C=O) groups is 1. The third-order valence-corrected chi connectivity index (χ3v) is 2.39. The minimum Gasteiger partial charge on any atom is -0.295 e. The summed E-state index contributed by atoms with van der Waals surface area (Å²) in [5.41, 5.74) is -0.411. The molecule has 0 N–H and O–H groups in total. The summed E-state index contributed by atoms with van der Waals surface area (Å²) in [5, 5.41) is 0. The molecule has 0 bridgehead atoms. The number of hydrogen-bond donors (Lipinski definition) is 0. The van der Waals surface area contributed by atoms with Gasteiger partial charge in [0.1, 0.15) is 0 Å². The molecule has 0 aliphatic rings. The molecule has 7 heteroatoms. The van der Waals surface area contributed by atoms with Gasteiger partial charge >= 0.3 is 12.4 Å². The molecule has 116 valence electrons. The van der Waals surface area contributed by atoms with Crippen LogP contribution in [-0.4, -0.2) is 18.1 Å². The zero-order valence-electron chi connectivity index (χ0n) is 11.0. The van der Waals surface area contributed by atoms with Crippen LogP contribution in [0.5, 0.6) is 0 Å². The van der Waals surface area contributed by atoms with Crippen molar-refractivity contribution in [3.8, 4) is 0 Å². The fraction of sp³-hybridized carbons (Fsp3) is 0.357. The van der Waals surface area contributed by atoms with E-state index in [1.807, 2.05) is 0 Å². The van der Waals surface area contributed by atoms with E-state index in [0.717, 1.165) is 24.3 Å². The Kier molecular flexibility index (Phi) is 5.20. The van der Waals surface area contributed by atoms with E-state index in [-0.39, 0.29) is 22.5 Å². The number of allylic oxidation sites excluding steroid dienone is 1. The molecule has 1 rings (SSSR count). The van der Waals surface area contributed by atoms with Gasteiger partial charge in [-0.15, -0.1) is 0 Å². The molecule has 0 spiro atoms. The lowest BCUT2D eigenvalue weighted by Gasteiger charge is -2.11. The van der Waals surface area contributed by atoms with Gasteiger partial charge in [0.25, 0.3) is 0 Å². The lowest BCUT2D eigenvalue weighted by Crippen LogP contribution is -2.14. The van der Waals surface area contributed by atoms with Crippen LogP contribution >= 0.6 is 0 Å². The first-order valence-electron chi connectivity index (χ1n) is 5.89. The molecule has 0 aliphatic heterocycles. The Morgan fingerprint density at radius 1 is 0.952 bits per heavy atom. The van der Waals surface area contributed by atoms with E-state index in [4.69, 9.17) is 0 Å². The predicted molar refractivity (Wildman–Crippen MR) is 65.7 cm³/mol. The highest BCUT2D eigenvalue weighted by molar-refractivity contribution is 5.91. The molecule has 0 amide bonds. The van der Waals surface area contributed by atoms with Gasteiger partial charge in [-0.1, -0.05) is 24.3 Å². The van der Waals surface area contributed by atoms with Crippen LogP contribution in [0.15, 0.2) is 24.3 Å². The summed E-state index contributed by atoms with van der Waals surface area (Å²) in [6.07, 6.45) is -9.39. The van der Waals surface area contributed by atoms with E-state index in [2.05, 4.69) is 0 Å². The number of benzene rings is 1. The Balaban J connectivity index is 3.16. The van der Waals surface area contributed by atoms with Gasteiger partial charge in [0, 0.05) is 0 Å². The van der Waals surface area contributed by atoms with Crippen molar-refractivity contribution in [2.45, 2.75) is 32.1 Å². The normalized spacial score (nSPS) is 12.9. The van der Waals surface area contributed by atoms with Crippen LogP contribution in [-0.2, 0) is 17.6 Å². The van der Waals surface area contributed by atoms with Crippen LogP contribution in [0.1, 0.15) is 23.6 Å². The largest absolute Gasteiger partial charge is 0.393 e. The maximum Gasteiger partial charge on any atom is 0.393 e. The van der Waals surface area contributed by atoms with Gasteiger partial charge in [-0.3, -0.25) is 4.79 Å². The van der Waals surface area contributed by atoms with Crippen molar-refractivity contribution in [3.05, 3.63) is 41.0 Å². The fourth-order valence-electron chi connectivity index (χ4n) is 1.77. The maximum atomic E-state index is 12.4. The van der Waals surface area contributed by atoms with E-state index in [0.29, 0.717) is 0 Å². The maximum absolute atomic E-state index is 12.4. The molecule has 0 unspecified atom stereocenters. The van der Waals surface area contributed by atoms with Crippen molar-refractivity contribution in [2.24, 2.45) is 0 Å². The second-order valence-corrected chi connectivity index (χ2v) is 4.61. The zero-order chi connectivity index (χ0) is 16.3. The van der Waals surface area contributed by atoms with Crippen LogP contribution < -0.4 is 0 Å². The van der Waals surface area contributed by atoms with Crippen molar-refractivity contribution in [3.63, 3.8) is 0 Å². The van der Waals surface area contributed by atoms with Gasteiger partial charge in [-0.25, -0.2) is 0 Å². The summed E-state index contributed by atoms with van der Waals surface area (Å²) in [6, 6.07) is 3.12. The lowest BCUT2D eigenvalue weighted by atomic mass is 10.0. The van der Waals surface area contributed by atoms with Gasteiger partial charge in [0.05, 0.1) is 12.8 Å². The molecule has 1 aromatic rings. The highest BCUT2D eigenvalue weighted by atomic mass is 19.4. The smallest absolute Gasteiger partial charge is 0.295 e. The molecule has 0 fully saturated rings. The van der Waals surface area contributed by atoms with Crippen LogP contribution in [0.3, 0.4) is 0 Å². The molecule has 1 nitrogen and oxygen atoms in total. The predicted octanol–water partition coefficient (Wildman–Crippen LogP) is 4.50. The number of rotatable bonds is 4. The van der Waals surface area contributed by atoms with Crippen molar-refractivity contribution in [1.82, 2.24) is 0 Å². The monoisotopic (exact) mass is 310 g/mol. The highest BCUT2D eigenvalue weighted by Gasteiger charge is 2.30. The number of carbonyl (C=O) groups excluding carboxylic acids is 1. The van der Waals surface area contributed by atoms with Gasteiger partial charge in [0.15, 0.2) is 5.78 Å². The number of alkyl halides is 6. The number of ketones is 1. The number of hydrogen-bond acceptors (Lipinski definition) is 1. The molecule has 1 aromatic carbocycles. The quantitative estimate of drug-likeness (QED) is 0.591. The first-order chi connectivity index (χ1) is 9.44. The van der Waals surface area contributed by atoms with Gasteiger partial charge in [-0.05, 0) is 29.7 Å². The van der Waals surface area contributed by atoms with Crippen molar-refractivity contribution < 1.29 is 31.1 Å². The summed E-state index contributed by atoms with van der Waals surface area (Å²) >= 11 is 0. The molecule has 0 atom stereocenters. The Bertz CT molecular complexity index is 505. The summed E-state index contributed by atoms with van der Waals surface area (Å²) in [7, 11) is 0. The lowest BCUT2D eigenvalue weighted by molar-refractivity contribution is -0.127. The average molecular weight is 310 g/mol.